The van der Waals surface area contributed by atoms with Gasteiger partial charge in [0.25, 0.3) is 0 Å². The van der Waals surface area contributed by atoms with Gasteiger partial charge >= 0.3 is 6.01 Å². The molecule has 4 aromatic rings. The Morgan fingerprint density at radius 1 is 1.11 bits per heavy atom. The minimum atomic E-state index is -0.610. The maximum atomic E-state index is 17.3. The molecular formula is C32H32F2N8O2S. The molecule has 0 amide bonds. The number of nitrogens with zero attached hydrogens (tertiary/aromatic N) is 6. The van der Waals surface area contributed by atoms with Crippen molar-refractivity contribution in [2.24, 2.45) is 0 Å². The van der Waals surface area contributed by atoms with Gasteiger partial charge in [0.15, 0.2) is 11.6 Å². The first-order valence-corrected chi connectivity index (χ1v) is 16.6. The van der Waals surface area contributed by atoms with Crippen molar-refractivity contribution in [2.75, 3.05) is 43.4 Å². The van der Waals surface area contributed by atoms with E-state index in [1.165, 1.54) is 0 Å². The van der Waals surface area contributed by atoms with Gasteiger partial charge in [-0.25, -0.2) is 8.78 Å². The monoisotopic (exact) mass is 630 g/mol. The zero-order chi connectivity index (χ0) is 30.4. The number of benzene rings is 1. The van der Waals surface area contributed by atoms with Crippen LogP contribution in [-0.2, 0) is 18.0 Å². The molecule has 3 N–H and O–H groups in total. The first-order chi connectivity index (χ1) is 22.0. The van der Waals surface area contributed by atoms with Crippen LogP contribution in [0.2, 0.25) is 0 Å². The summed E-state index contributed by atoms with van der Waals surface area (Å²) in [5, 5.41) is 14.5. The predicted octanol–water partition coefficient (Wildman–Crippen LogP) is 4.62. The van der Waals surface area contributed by atoms with Gasteiger partial charge < -0.3 is 25.4 Å². The summed E-state index contributed by atoms with van der Waals surface area (Å²) in [6, 6.07) is 2.68. The molecule has 45 heavy (non-hydrogen) atoms. The van der Waals surface area contributed by atoms with Gasteiger partial charge in [0.05, 0.1) is 46.3 Å². The summed E-state index contributed by atoms with van der Waals surface area (Å²) in [4.78, 5) is 19.0. The summed E-state index contributed by atoms with van der Waals surface area (Å²) >= 11 is 0.963. The average Bonchev–Trinajstić information content (AvgIpc) is 3.85. The maximum Gasteiger partial charge on any atom is 0.319 e. The Morgan fingerprint density at radius 2 is 1.87 bits per heavy atom. The molecule has 8 heterocycles. The molecule has 2 atom stereocenters. The number of halogens is 2. The third-order valence-electron chi connectivity index (χ3n) is 10.7. The smallest absolute Gasteiger partial charge is 0.319 e. The van der Waals surface area contributed by atoms with Gasteiger partial charge in [-0.15, -0.1) is 11.3 Å². The standard InChI is InChI=1S/C32H32F2N8O2S/c33-21-12-38-26(23-18(9-35)29(36)45-28(21)23)22-19-13-43-14-20(19)24-27(25(22)34)39-31(44-15-32-5-1-7-41(32)8-2-6-32)40-30(24)42-16-3-4-17(42)11-37-10-16/h12,16-17,37H,1-8,10-11,13-15,36H2. The zero-order valence-electron chi connectivity index (χ0n) is 24.7. The Morgan fingerprint density at radius 3 is 2.62 bits per heavy atom. The summed E-state index contributed by atoms with van der Waals surface area (Å²) in [5.41, 5.74) is 8.03. The van der Waals surface area contributed by atoms with Crippen molar-refractivity contribution in [1.82, 2.24) is 25.2 Å². The van der Waals surface area contributed by atoms with E-state index in [2.05, 4.69) is 26.2 Å². The Bertz CT molecular complexity index is 1920. The molecule has 9 rings (SSSR count). The number of pyridine rings is 1. The average molecular weight is 631 g/mol. The van der Waals surface area contributed by atoms with Gasteiger partial charge in [-0.1, -0.05) is 0 Å². The summed E-state index contributed by atoms with van der Waals surface area (Å²) < 4.78 is 44.8. The van der Waals surface area contributed by atoms with Gasteiger partial charge in [0.2, 0.25) is 0 Å². The largest absolute Gasteiger partial charge is 0.461 e. The van der Waals surface area contributed by atoms with Crippen LogP contribution in [0.3, 0.4) is 0 Å². The zero-order valence-corrected chi connectivity index (χ0v) is 25.5. The molecule has 13 heteroatoms. The van der Waals surface area contributed by atoms with Gasteiger partial charge in [-0.05, 0) is 62.7 Å². The molecule has 232 valence electrons. The molecule has 1 aromatic carbocycles. The van der Waals surface area contributed by atoms with E-state index in [0.717, 1.165) is 87.8 Å². The fourth-order valence-corrected chi connectivity index (χ4v) is 9.58. The van der Waals surface area contributed by atoms with Crippen molar-refractivity contribution in [3.63, 3.8) is 0 Å². The predicted molar refractivity (Wildman–Crippen MR) is 166 cm³/mol. The molecule has 10 nitrogen and oxygen atoms in total. The third kappa shape index (κ3) is 3.95. The quantitative estimate of drug-likeness (QED) is 0.323. The highest BCUT2D eigenvalue weighted by atomic mass is 32.1. The van der Waals surface area contributed by atoms with E-state index in [1.807, 2.05) is 0 Å². The highest BCUT2D eigenvalue weighted by Crippen LogP contribution is 2.48. The van der Waals surface area contributed by atoms with E-state index >= 15 is 4.39 Å². The first-order valence-electron chi connectivity index (χ1n) is 15.7. The van der Waals surface area contributed by atoms with E-state index < -0.39 is 11.6 Å². The van der Waals surface area contributed by atoms with Crippen molar-refractivity contribution in [1.29, 1.82) is 5.26 Å². The number of nitrogen functional groups attached to an aromatic ring is 1. The van der Waals surface area contributed by atoms with E-state index in [4.69, 9.17) is 25.2 Å². The number of anilines is 2. The lowest BCUT2D eigenvalue weighted by Crippen LogP contribution is -2.52. The van der Waals surface area contributed by atoms with Crippen LogP contribution in [0.15, 0.2) is 6.20 Å². The van der Waals surface area contributed by atoms with Crippen molar-refractivity contribution >= 4 is 43.1 Å². The van der Waals surface area contributed by atoms with Crippen molar-refractivity contribution in [2.45, 2.75) is 69.4 Å². The number of piperazine rings is 1. The molecular weight excluding hydrogens is 598 g/mol. The van der Waals surface area contributed by atoms with Crippen LogP contribution in [0, 0.1) is 23.0 Å². The van der Waals surface area contributed by atoms with Crippen molar-refractivity contribution < 1.29 is 18.3 Å². The van der Waals surface area contributed by atoms with Gasteiger partial charge in [0.1, 0.15) is 29.0 Å². The summed E-state index contributed by atoms with van der Waals surface area (Å²) in [7, 11) is 0. The normalized spacial score (nSPS) is 23.6. The molecule has 0 saturated carbocycles. The number of rotatable bonds is 5. The van der Waals surface area contributed by atoms with Crippen LogP contribution in [0.4, 0.5) is 19.6 Å². The van der Waals surface area contributed by atoms with E-state index in [0.29, 0.717) is 23.4 Å². The molecule has 3 aromatic heterocycles. The fraction of sp³-hybridized carbons (Fsp3) is 0.500. The van der Waals surface area contributed by atoms with E-state index in [9.17, 15) is 9.65 Å². The minimum Gasteiger partial charge on any atom is -0.461 e. The third-order valence-corrected chi connectivity index (χ3v) is 11.7. The number of thiophene rings is 1. The number of fused-ring (bicyclic) bond motifs is 7. The first kappa shape index (κ1) is 27.6. The second kappa shape index (κ2) is 10.2. The second-order valence-electron chi connectivity index (χ2n) is 13.0. The molecule has 0 spiro atoms. The number of nitrogens with one attached hydrogen (secondary N) is 1. The minimum absolute atomic E-state index is 0.0295. The van der Waals surface area contributed by atoms with Gasteiger partial charge in [-0.3, -0.25) is 9.88 Å². The Balaban J connectivity index is 1.28. The topological polar surface area (TPSA) is 125 Å². The summed E-state index contributed by atoms with van der Waals surface area (Å²) in [6.07, 6.45) is 7.51. The molecule has 2 bridgehead atoms. The van der Waals surface area contributed by atoms with Crippen molar-refractivity contribution in [3.8, 4) is 23.3 Å². The van der Waals surface area contributed by atoms with Crippen molar-refractivity contribution in [3.05, 3.63) is 34.5 Å². The highest BCUT2D eigenvalue weighted by Gasteiger charge is 2.45. The van der Waals surface area contributed by atoms with Crippen LogP contribution < -0.4 is 20.7 Å². The number of hydrogen-bond acceptors (Lipinski definition) is 11. The van der Waals surface area contributed by atoms with Crippen LogP contribution >= 0.6 is 11.3 Å². The molecule has 0 radical (unpaired) electrons. The molecule has 4 saturated heterocycles. The SMILES string of the molecule is N#Cc1c(N)sc2c(F)cnc(-c3c4c(c5c(N6C7CCC6CNC7)nc(OCC67CCCN6CCC7)nc5c3F)COC4)c12. The molecule has 5 aliphatic heterocycles. The molecule has 4 fully saturated rings. The van der Waals surface area contributed by atoms with E-state index in [-0.39, 0.29) is 74.3 Å². The van der Waals surface area contributed by atoms with E-state index in [1.54, 1.807) is 0 Å². The molecule has 0 aliphatic carbocycles. The number of ether oxygens (including phenoxy) is 2. The highest BCUT2D eigenvalue weighted by molar-refractivity contribution is 7.23. The maximum absolute atomic E-state index is 17.3. The molecule has 5 aliphatic rings. The van der Waals surface area contributed by atoms with Crippen LogP contribution in [0.1, 0.15) is 55.2 Å². The summed E-state index contributed by atoms with van der Waals surface area (Å²) in [6.45, 7) is 4.62. The van der Waals surface area contributed by atoms with Gasteiger partial charge in [0, 0.05) is 36.1 Å². The Labute approximate surface area is 262 Å². The van der Waals surface area contributed by atoms with Crippen LogP contribution in [0.5, 0.6) is 6.01 Å². The Hall–Kier alpha value is -3.70. The second-order valence-corrected chi connectivity index (χ2v) is 14.0. The lowest BCUT2D eigenvalue weighted by Gasteiger charge is -2.37. The molecule has 2 unspecified atom stereocenters. The number of aromatic nitrogens is 3. The van der Waals surface area contributed by atoms with Crippen LogP contribution in [0.25, 0.3) is 32.2 Å². The Kier molecular flexibility index (Phi) is 6.23. The lowest BCUT2D eigenvalue weighted by molar-refractivity contribution is 0.108. The lowest BCUT2D eigenvalue weighted by atomic mass is 9.93. The van der Waals surface area contributed by atoms with Crippen LogP contribution in [-0.4, -0.2) is 70.3 Å². The number of nitrogens with two attached hydrogens (primary N) is 1. The van der Waals surface area contributed by atoms with Gasteiger partial charge in [-0.2, -0.15) is 15.2 Å². The summed E-state index contributed by atoms with van der Waals surface area (Å²) in [5.74, 6) is -0.540. The number of nitriles is 1. The number of hydrogen-bond donors (Lipinski definition) is 2. The fourth-order valence-electron chi connectivity index (χ4n) is 8.66.